The van der Waals surface area contributed by atoms with Crippen LogP contribution in [0.5, 0.6) is 0 Å². The molecule has 0 aliphatic heterocycles. The van der Waals surface area contributed by atoms with Crippen LogP contribution in [-0.4, -0.2) is 25.1 Å². The molecule has 15 heavy (non-hydrogen) atoms. The van der Waals surface area contributed by atoms with E-state index in [1.165, 1.54) is 0 Å². The number of pyridine rings is 1. The maximum atomic E-state index is 9.72. The lowest BCUT2D eigenvalue weighted by atomic mass is 10.1. The van der Waals surface area contributed by atoms with Gasteiger partial charge in [0.15, 0.2) is 0 Å². The monoisotopic (exact) mass is 204 g/mol. The Kier molecular flexibility index (Phi) is 2.24. The minimum atomic E-state index is -0.972. The number of hydrogen-bond acceptors (Lipinski definition) is 4. The van der Waals surface area contributed by atoms with Crippen molar-refractivity contribution < 1.29 is 5.11 Å². The minimum Gasteiger partial charge on any atom is -0.384 e. The molecule has 2 aromatic heterocycles. The van der Waals surface area contributed by atoms with Gasteiger partial charge in [0, 0.05) is 6.20 Å². The van der Waals surface area contributed by atoms with E-state index in [4.69, 9.17) is 0 Å². The maximum Gasteiger partial charge on any atom is 0.114 e. The molecular weight excluding hydrogens is 192 g/mol. The third kappa shape index (κ3) is 2.02. The van der Waals surface area contributed by atoms with Crippen molar-refractivity contribution >= 4 is 0 Å². The van der Waals surface area contributed by atoms with E-state index < -0.39 is 5.60 Å². The fraction of sp³-hybridized carbons (Fsp3) is 0.300. The van der Waals surface area contributed by atoms with Crippen LogP contribution >= 0.6 is 0 Å². The standard InChI is InChI=1S/C10H12N4O/c1-10(2,15)9-7-14(13-12-9)8-4-3-5-11-6-8/h3-7,15H,1-2H3. The molecule has 0 amide bonds. The molecule has 5 nitrogen and oxygen atoms in total. The molecule has 0 atom stereocenters. The van der Waals surface area contributed by atoms with E-state index in [1.807, 2.05) is 12.1 Å². The Bertz CT molecular complexity index is 444. The van der Waals surface area contributed by atoms with E-state index >= 15 is 0 Å². The third-order valence-electron chi connectivity index (χ3n) is 2.03. The molecule has 0 spiro atoms. The molecule has 0 aliphatic rings. The zero-order valence-corrected chi connectivity index (χ0v) is 8.62. The zero-order valence-electron chi connectivity index (χ0n) is 8.62. The van der Waals surface area contributed by atoms with Crippen molar-refractivity contribution in [3.05, 3.63) is 36.4 Å². The highest BCUT2D eigenvalue weighted by Crippen LogP contribution is 2.16. The highest BCUT2D eigenvalue weighted by Gasteiger charge is 2.20. The first kappa shape index (κ1) is 9.79. The Balaban J connectivity index is 2.37. The molecule has 1 N–H and O–H groups in total. The molecule has 5 heteroatoms. The number of rotatable bonds is 2. The number of aromatic nitrogens is 4. The van der Waals surface area contributed by atoms with E-state index in [0.29, 0.717) is 5.69 Å². The van der Waals surface area contributed by atoms with Gasteiger partial charge in [-0.15, -0.1) is 5.10 Å². The van der Waals surface area contributed by atoms with Gasteiger partial charge in [0.1, 0.15) is 11.3 Å². The fourth-order valence-electron chi connectivity index (χ4n) is 1.16. The highest BCUT2D eigenvalue weighted by atomic mass is 16.3. The molecule has 0 aliphatic carbocycles. The summed E-state index contributed by atoms with van der Waals surface area (Å²) in [6, 6.07) is 3.69. The first-order valence-corrected chi connectivity index (χ1v) is 4.63. The highest BCUT2D eigenvalue weighted by molar-refractivity contribution is 5.26. The van der Waals surface area contributed by atoms with Crippen LogP contribution in [0.3, 0.4) is 0 Å². The topological polar surface area (TPSA) is 63.8 Å². The first-order chi connectivity index (χ1) is 7.07. The molecular formula is C10H12N4O. The normalized spacial score (nSPS) is 11.7. The molecule has 2 aromatic rings. The SMILES string of the molecule is CC(C)(O)c1cn(-c2cccnc2)nn1. The smallest absolute Gasteiger partial charge is 0.114 e. The van der Waals surface area contributed by atoms with Crippen LogP contribution in [-0.2, 0) is 5.60 Å². The van der Waals surface area contributed by atoms with Gasteiger partial charge in [0.25, 0.3) is 0 Å². The lowest BCUT2D eigenvalue weighted by Gasteiger charge is -2.11. The van der Waals surface area contributed by atoms with E-state index in [0.717, 1.165) is 5.69 Å². The van der Waals surface area contributed by atoms with Crippen molar-refractivity contribution in [1.82, 2.24) is 20.0 Å². The van der Waals surface area contributed by atoms with Gasteiger partial charge in [-0.3, -0.25) is 4.98 Å². The van der Waals surface area contributed by atoms with E-state index in [1.54, 1.807) is 37.1 Å². The number of nitrogens with zero attached hydrogens (tertiary/aromatic N) is 4. The second-order valence-electron chi connectivity index (χ2n) is 3.82. The lowest BCUT2D eigenvalue weighted by molar-refractivity contribution is 0.0737. The van der Waals surface area contributed by atoms with Crippen molar-refractivity contribution in [3.8, 4) is 5.69 Å². The molecule has 0 saturated heterocycles. The molecule has 0 unspecified atom stereocenters. The van der Waals surface area contributed by atoms with Gasteiger partial charge in [-0.1, -0.05) is 5.21 Å². The largest absolute Gasteiger partial charge is 0.384 e. The maximum absolute atomic E-state index is 9.72. The summed E-state index contributed by atoms with van der Waals surface area (Å²) in [6.45, 7) is 3.34. The van der Waals surface area contributed by atoms with Gasteiger partial charge in [-0.2, -0.15) is 0 Å². The third-order valence-corrected chi connectivity index (χ3v) is 2.03. The Morgan fingerprint density at radius 1 is 1.40 bits per heavy atom. The average molecular weight is 204 g/mol. The van der Waals surface area contributed by atoms with Crippen molar-refractivity contribution in [1.29, 1.82) is 0 Å². The van der Waals surface area contributed by atoms with Gasteiger partial charge >= 0.3 is 0 Å². The van der Waals surface area contributed by atoms with Crippen molar-refractivity contribution in [2.45, 2.75) is 19.4 Å². The zero-order chi connectivity index (χ0) is 10.9. The van der Waals surface area contributed by atoms with Crippen LogP contribution in [0, 0.1) is 0 Å². The van der Waals surface area contributed by atoms with Crippen molar-refractivity contribution in [2.75, 3.05) is 0 Å². The lowest BCUT2D eigenvalue weighted by Crippen LogP contribution is -2.15. The summed E-state index contributed by atoms with van der Waals surface area (Å²) in [5.41, 5.74) is 0.382. The second-order valence-corrected chi connectivity index (χ2v) is 3.82. The van der Waals surface area contributed by atoms with E-state index in [2.05, 4.69) is 15.3 Å². The van der Waals surface area contributed by atoms with Crippen molar-refractivity contribution in [3.63, 3.8) is 0 Å². The molecule has 2 heterocycles. The summed E-state index contributed by atoms with van der Waals surface area (Å²) in [5, 5.41) is 17.5. The van der Waals surface area contributed by atoms with Crippen LogP contribution in [0.1, 0.15) is 19.5 Å². The predicted molar refractivity (Wildman–Crippen MR) is 54.4 cm³/mol. The van der Waals surface area contributed by atoms with Crippen LogP contribution < -0.4 is 0 Å². The summed E-state index contributed by atoms with van der Waals surface area (Å²) in [4.78, 5) is 3.98. The van der Waals surface area contributed by atoms with Crippen LogP contribution in [0.15, 0.2) is 30.7 Å². The Morgan fingerprint density at radius 2 is 2.20 bits per heavy atom. The van der Waals surface area contributed by atoms with Gasteiger partial charge in [0.05, 0.1) is 18.1 Å². The molecule has 2 rings (SSSR count). The summed E-state index contributed by atoms with van der Waals surface area (Å²) in [5.74, 6) is 0. The number of hydrogen-bond donors (Lipinski definition) is 1. The van der Waals surface area contributed by atoms with Crippen LogP contribution in [0.2, 0.25) is 0 Å². The summed E-state index contributed by atoms with van der Waals surface area (Å²) in [7, 11) is 0. The van der Waals surface area contributed by atoms with E-state index in [9.17, 15) is 5.11 Å². The molecule has 0 aromatic carbocycles. The predicted octanol–water partition coefficient (Wildman–Crippen LogP) is 0.890. The van der Waals surface area contributed by atoms with Crippen molar-refractivity contribution in [2.24, 2.45) is 0 Å². The Hall–Kier alpha value is -1.75. The fourth-order valence-corrected chi connectivity index (χ4v) is 1.16. The van der Waals surface area contributed by atoms with E-state index in [-0.39, 0.29) is 0 Å². The van der Waals surface area contributed by atoms with Gasteiger partial charge in [0.2, 0.25) is 0 Å². The van der Waals surface area contributed by atoms with Gasteiger partial charge in [-0.25, -0.2) is 4.68 Å². The van der Waals surface area contributed by atoms with Crippen LogP contribution in [0.25, 0.3) is 5.69 Å². The average Bonchev–Trinajstić information content (AvgIpc) is 2.67. The van der Waals surface area contributed by atoms with Crippen LogP contribution in [0.4, 0.5) is 0 Å². The van der Waals surface area contributed by atoms with Gasteiger partial charge in [-0.05, 0) is 26.0 Å². The molecule has 78 valence electrons. The van der Waals surface area contributed by atoms with Gasteiger partial charge < -0.3 is 5.11 Å². The quantitative estimate of drug-likeness (QED) is 0.789. The second kappa shape index (κ2) is 3.43. The molecule has 0 saturated carbocycles. The first-order valence-electron chi connectivity index (χ1n) is 4.63. The number of aliphatic hydroxyl groups is 1. The summed E-state index contributed by atoms with van der Waals surface area (Å²) < 4.78 is 1.58. The molecule has 0 bridgehead atoms. The summed E-state index contributed by atoms with van der Waals surface area (Å²) in [6.07, 6.45) is 5.07. The Labute approximate surface area is 87.4 Å². The Morgan fingerprint density at radius 3 is 2.73 bits per heavy atom. The minimum absolute atomic E-state index is 0.534. The summed E-state index contributed by atoms with van der Waals surface area (Å²) >= 11 is 0. The molecule has 0 fully saturated rings. The molecule has 0 radical (unpaired) electrons.